The number of thiazole rings is 1. The number of Topliss-reactive ketones (excluding diaryl/α,β-unsaturated/α-hetero) is 1. The highest BCUT2D eigenvalue weighted by atomic mass is 79.9. The summed E-state index contributed by atoms with van der Waals surface area (Å²) in [6.07, 6.45) is 0.329. The molecule has 0 aliphatic heterocycles. The van der Waals surface area contributed by atoms with Gasteiger partial charge in [0.15, 0.2) is 5.78 Å². The molecule has 0 fully saturated rings. The summed E-state index contributed by atoms with van der Waals surface area (Å²) < 4.78 is 1.02. The third-order valence-corrected chi connectivity index (χ3v) is 3.59. The molecule has 5 heteroatoms. The predicted molar refractivity (Wildman–Crippen MR) is 73.0 cm³/mol. The van der Waals surface area contributed by atoms with E-state index in [9.17, 15) is 4.79 Å². The van der Waals surface area contributed by atoms with Gasteiger partial charge in [-0.05, 0) is 12.1 Å². The van der Waals surface area contributed by atoms with Crippen molar-refractivity contribution in [2.24, 2.45) is 5.73 Å². The standard InChI is InChI=1S/C12H11BrN2OS/c13-9-3-1-2-8(4-9)11-7-17-12(15-11)5-10(16)6-14/h1-4,7H,5-6,14H2. The second-order valence-electron chi connectivity index (χ2n) is 3.56. The van der Waals surface area contributed by atoms with Crippen LogP contribution in [0.2, 0.25) is 0 Å². The van der Waals surface area contributed by atoms with Gasteiger partial charge in [-0.15, -0.1) is 11.3 Å². The van der Waals surface area contributed by atoms with Crippen molar-refractivity contribution >= 4 is 33.0 Å². The molecule has 0 spiro atoms. The number of halogens is 1. The van der Waals surface area contributed by atoms with E-state index >= 15 is 0 Å². The molecule has 2 rings (SSSR count). The predicted octanol–water partition coefficient (Wildman–Crippen LogP) is 2.64. The Morgan fingerprint density at radius 3 is 3.00 bits per heavy atom. The molecule has 1 heterocycles. The minimum Gasteiger partial charge on any atom is -0.324 e. The first-order valence-electron chi connectivity index (χ1n) is 5.11. The summed E-state index contributed by atoms with van der Waals surface area (Å²) in [5, 5.41) is 2.77. The van der Waals surface area contributed by atoms with Gasteiger partial charge in [0.25, 0.3) is 0 Å². The molecular weight excluding hydrogens is 300 g/mol. The quantitative estimate of drug-likeness (QED) is 0.944. The van der Waals surface area contributed by atoms with Crippen LogP contribution in [0.3, 0.4) is 0 Å². The second-order valence-corrected chi connectivity index (χ2v) is 5.41. The molecule has 2 aromatic rings. The first-order chi connectivity index (χ1) is 8.19. The molecule has 0 aliphatic carbocycles. The Kier molecular flexibility index (Phi) is 4.04. The van der Waals surface area contributed by atoms with Gasteiger partial charge in [0.1, 0.15) is 5.01 Å². The molecule has 2 N–H and O–H groups in total. The van der Waals surface area contributed by atoms with Crippen LogP contribution in [0, 0.1) is 0 Å². The molecule has 0 radical (unpaired) electrons. The highest BCUT2D eigenvalue weighted by molar-refractivity contribution is 9.10. The van der Waals surface area contributed by atoms with Gasteiger partial charge in [-0.1, -0.05) is 28.1 Å². The summed E-state index contributed by atoms with van der Waals surface area (Å²) in [5.41, 5.74) is 7.22. The third-order valence-electron chi connectivity index (χ3n) is 2.25. The van der Waals surface area contributed by atoms with Crippen LogP contribution in [0.4, 0.5) is 0 Å². The summed E-state index contributed by atoms with van der Waals surface area (Å²) in [6.45, 7) is 0.0752. The zero-order valence-corrected chi connectivity index (χ0v) is 11.4. The fraction of sp³-hybridized carbons (Fsp3) is 0.167. The molecule has 0 saturated heterocycles. The highest BCUT2D eigenvalue weighted by Gasteiger charge is 2.08. The topological polar surface area (TPSA) is 56.0 Å². The number of ketones is 1. The average Bonchev–Trinajstić information content (AvgIpc) is 2.77. The van der Waals surface area contributed by atoms with Gasteiger partial charge in [0.2, 0.25) is 0 Å². The molecule has 1 aromatic carbocycles. The van der Waals surface area contributed by atoms with E-state index in [-0.39, 0.29) is 12.3 Å². The summed E-state index contributed by atoms with van der Waals surface area (Å²) in [6, 6.07) is 7.93. The Labute approximate surface area is 112 Å². The molecule has 88 valence electrons. The van der Waals surface area contributed by atoms with Gasteiger partial charge >= 0.3 is 0 Å². The molecule has 0 atom stereocenters. The first kappa shape index (κ1) is 12.4. The Bertz CT molecular complexity index is 539. The van der Waals surface area contributed by atoms with E-state index in [1.54, 1.807) is 0 Å². The number of carbonyl (C=O) groups is 1. The van der Waals surface area contributed by atoms with Gasteiger partial charge < -0.3 is 5.73 Å². The summed E-state index contributed by atoms with van der Waals surface area (Å²) >= 11 is 4.91. The van der Waals surface area contributed by atoms with Crippen LogP contribution in [0.1, 0.15) is 5.01 Å². The minimum absolute atomic E-state index is 0.0140. The number of aromatic nitrogens is 1. The van der Waals surface area contributed by atoms with Crippen LogP contribution >= 0.6 is 27.3 Å². The third kappa shape index (κ3) is 3.21. The molecule has 1 aromatic heterocycles. The number of nitrogens with two attached hydrogens (primary N) is 1. The van der Waals surface area contributed by atoms with Crippen molar-refractivity contribution in [2.45, 2.75) is 6.42 Å². The fourth-order valence-electron chi connectivity index (χ4n) is 1.41. The van der Waals surface area contributed by atoms with E-state index in [1.807, 2.05) is 29.6 Å². The van der Waals surface area contributed by atoms with Crippen LogP contribution < -0.4 is 5.73 Å². The van der Waals surface area contributed by atoms with Crippen LogP contribution in [-0.4, -0.2) is 17.3 Å². The van der Waals surface area contributed by atoms with Crippen molar-refractivity contribution in [3.05, 3.63) is 39.1 Å². The lowest BCUT2D eigenvalue weighted by Crippen LogP contribution is -2.15. The Morgan fingerprint density at radius 2 is 2.29 bits per heavy atom. The number of benzene rings is 1. The van der Waals surface area contributed by atoms with E-state index in [2.05, 4.69) is 20.9 Å². The number of carbonyl (C=O) groups excluding carboxylic acids is 1. The molecular formula is C12H11BrN2OS. The highest BCUT2D eigenvalue weighted by Crippen LogP contribution is 2.24. The fourth-order valence-corrected chi connectivity index (χ4v) is 2.64. The van der Waals surface area contributed by atoms with Crippen molar-refractivity contribution < 1.29 is 4.79 Å². The molecule has 3 nitrogen and oxygen atoms in total. The van der Waals surface area contributed by atoms with Crippen LogP contribution in [0.5, 0.6) is 0 Å². The van der Waals surface area contributed by atoms with Crippen LogP contribution in [0.15, 0.2) is 34.1 Å². The molecule has 0 amide bonds. The summed E-state index contributed by atoms with van der Waals surface area (Å²) in [5.74, 6) is 0.0140. The van der Waals surface area contributed by atoms with E-state index in [0.29, 0.717) is 6.42 Å². The SMILES string of the molecule is NCC(=O)Cc1nc(-c2cccc(Br)c2)cs1. The van der Waals surface area contributed by atoms with E-state index < -0.39 is 0 Å². The van der Waals surface area contributed by atoms with Gasteiger partial charge in [0, 0.05) is 15.4 Å². The minimum atomic E-state index is 0.0140. The van der Waals surface area contributed by atoms with E-state index in [0.717, 1.165) is 20.7 Å². The maximum atomic E-state index is 11.2. The number of hydrogen-bond donors (Lipinski definition) is 1. The number of hydrogen-bond acceptors (Lipinski definition) is 4. The number of rotatable bonds is 4. The molecule has 0 aliphatic rings. The van der Waals surface area contributed by atoms with E-state index in [1.165, 1.54) is 11.3 Å². The second kappa shape index (κ2) is 5.53. The normalized spacial score (nSPS) is 10.5. The Morgan fingerprint density at radius 1 is 1.47 bits per heavy atom. The summed E-state index contributed by atoms with van der Waals surface area (Å²) in [4.78, 5) is 15.6. The molecule has 0 saturated carbocycles. The molecule has 0 unspecified atom stereocenters. The van der Waals surface area contributed by atoms with Crippen molar-refractivity contribution in [3.8, 4) is 11.3 Å². The summed E-state index contributed by atoms with van der Waals surface area (Å²) in [7, 11) is 0. The van der Waals surface area contributed by atoms with Crippen LogP contribution in [-0.2, 0) is 11.2 Å². The van der Waals surface area contributed by atoms with Crippen molar-refractivity contribution in [2.75, 3.05) is 6.54 Å². The maximum absolute atomic E-state index is 11.2. The number of nitrogens with zero attached hydrogens (tertiary/aromatic N) is 1. The zero-order chi connectivity index (χ0) is 12.3. The monoisotopic (exact) mass is 310 g/mol. The molecule has 17 heavy (non-hydrogen) atoms. The maximum Gasteiger partial charge on any atom is 0.153 e. The van der Waals surface area contributed by atoms with Gasteiger partial charge in [0.05, 0.1) is 18.7 Å². The van der Waals surface area contributed by atoms with Crippen LogP contribution in [0.25, 0.3) is 11.3 Å². The van der Waals surface area contributed by atoms with Crippen molar-refractivity contribution in [1.82, 2.24) is 4.98 Å². The van der Waals surface area contributed by atoms with Gasteiger partial charge in [-0.2, -0.15) is 0 Å². The lowest BCUT2D eigenvalue weighted by molar-refractivity contribution is -0.117. The smallest absolute Gasteiger partial charge is 0.153 e. The average molecular weight is 311 g/mol. The Hall–Kier alpha value is -1.04. The zero-order valence-electron chi connectivity index (χ0n) is 9.02. The largest absolute Gasteiger partial charge is 0.324 e. The van der Waals surface area contributed by atoms with Crippen molar-refractivity contribution in [1.29, 1.82) is 0 Å². The lowest BCUT2D eigenvalue weighted by atomic mass is 10.2. The van der Waals surface area contributed by atoms with Crippen molar-refractivity contribution in [3.63, 3.8) is 0 Å². The van der Waals surface area contributed by atoms with E-state index in [4.69, 9.17) is 5.73 Å². The Balaban J connectivity index is 2.21. The van der Waals surface area contributed by atoms with Gasteiger partial charge in [-0.3, -0.25) is 4.79 Å². The van der Waals surface area contributed by atoms with Gasteiger partial charge in [-0.25, -0.2) is 4.98 Å². The first-order valence-corrected chi connectivity index (χ1v) is 6.78. The lowest BCUT2D eigenvalue weighted by Gasteiger charge is -1.97. The molecule has 0 bridgehead atoms.